The fraction of sp³-hybridized carbons (Fsp3) is 0.391. The number of nitrogens with one attached hydrogen (secondary N) is 1. The van der Waals surface area contributed by atoms with Gasteiger partial charge >= 0.3 is 5.97 Å². The van der Waals surface area contributed by atoms with Crippen LogP contribution in [0.4, 0.5) is 5.69 Å². The highest BCUT2D eigenvalue weighted by molar-refractivity contribution is 5.89. The molecule has 0 aliphatic carbocycles. The second-order valence-corrected chi connectivity index (χ2v) is 7.12. The average Bonchev–Trinajstić information content (AvgIpc) is 2.75. The maximum Gasteiger partial charge on any atom is 0.338 e. The van der Waals surface area contributed by atoms with Gasteiger partial charge in [-0.05, 0) is 36.8 Å². The molecule has 1 aliphatic rings. The molecule has 0 atom stereocenters. The standard InChI is InChI=1S/C23H29N3O3/c1-2-29-23(28)20-8-10-21(11-9-20)24-13-12-22(27)26-16-14-25(15-17-26)18-19-6-4-3-5-7-19/h3-11,24H,2,12-18H2,1H3. The van der Waals surface area contributed by atoms with E-state index >= 15 is 0 Å². The van der Waals surface area contributed by atoms with Crippen molar-refractivity contribution in [3.63, 3.8) is 0 Å². The molecule has 0 radical (unpaired) electrons. The summed E-state index contributed by atoms with van der Waals surface area (Å²) in [7, 11) is 0. The van der Waals surface area contributed by atoms with E-state index in [-0.39, 0.29) is 11.9 Å². The number of hydrogen-bond acceptors (Lipinski definition) is 5. The Morgan fingerprint density at radius 3 is 2.31 bits per heavy atom. The Bertz CT molecular complexity index is 785. The Balaban J connectivity index is 1.36. The second kappa shape index (κ2) is 10.6. The van der Waals surface area contributed by atoms with Crippen molar-refractivity contribution in [2.75, 3.05) is 44.6 Å². The Morgan fingerprint density at radius 2 is 1.66 bits per heavy atom. The van der Waals surface area contributed by atoms with Gasteiger partial charge in [-0.1, -0.05) is 30.3 Å². The van der Waals surface area contributed by atoms with Gasteiger partial charge in [0, 0.05) is 51.4 Å². The zero-order valence-corrected chi connectivity index (χ0v) is 17.0. The maximum absolute atomic E-state index is 12.5. The van der Waals surface area contributed by atoms with Gasteiger partial charge in [-0.3, -0.25) is 9.69 Å². The highest BCUT2D eigenvalue weighted by Gasteiger charge is 2.20. The zero-order valence-electron chi connectivity index (χ0n) is 17.0. The van der Waals surface area contributed by atoms with Gasteiger partial charge in [0.05, 0.1) is 12.2 Å². The fourth-order valence-corrected chi connectivity index (χ4v) is 3.41. The number of carbonyl (C=O) groups excluding carboxylic acids is 2. The van der Waals surface area contributed by atoms with Gasteiger partial charge < -0.3 is 15.0 Å². The van der Waals surface area contributed by atoms with Crippen LogP contribution in [0.2, 0.25) is 0 Å². The molecule has 1 fully saturated rings. The van der Waals surface area contributed by atoms with Gasteiger partial charge in [-0.15, -0.1) is 0 Å². The van der Waals surface area contributed by atoms with E-state index in [1.807, 2.05) is 23.1 Å². The number of hydrogen-bond donors (Lipinski definition) is 1. The third-order valence-electron chi connectivity index (χ3n) is 5.04. The van der Waals surface area contributed by atoms with Gasteiger partial charge in [0.1, 0.15) is 0 Å². The van der Waals surface area contributed by atoms with Crippen molar-refractivity contribution in [3.8, 4) is 0 Å². The Hall–Kier alpha value is -2.86. The summed E-state index contributed by atoms with van der Waals surface area (Å²) in [6.45, 7) is 7.02. The van der Waals surface area contributed by atoms with Crippen LogP contribution < -0.4 is 5.32 Å². The SMILES string of the molecule is CCOC(=O)c1ccc(NCCC(=O)N2CCN(Cc3ccccc3)CC2)cc1. The van der Waals surface area contributed by atoms with E-state index in [1.54, 1.807) is 19.1 Å². The van der Waals surface area contributed by atoms with Gasteiger partial charge in [-0.2, -0.15) is 0 Å². The summed E-state index contributed by atoms with van der Waals surface area (Å²) < 4.78 is 4.98. The normalized spacial score (nSPS) is 14.4. The molecular formula is C23H29N3O3. The minimum absolute atomic E-state index is 0.181. The van der Waals surface area contributed by atoms with Crippen LogP contribution in [0.25, 0.3) is 0 Å². The number of nitrogens with zero attached hydrogens (tertiary/aromatic N) is 2. The lowest BCUT2D eigenvalue weighted by Crippen LogP contribution is -2.48. The summed E-state index contributed by atoms with van der Waals surface area (Å²) in [6.07, 6.45) is 0.457. The highest BCUT2D eigenvalue weighted by atomic mass is 16.5. The summed E-state index contributed by atoms with van der Waals surface area (Å²) in [5.74, 6) is -0.138. The van der Waals surface area contributed by atoms with Crippen molar-refractivity contribution in [1.82, 2.24) is 9.80 Å². The molecule has 1 aliphatic heterocycles. The molecule has 6 heteroatoms. The van der Waals surface area contributed by atoms with E-state index in [2.05, 4.69) is 34.5 Å². The molecule has 154 valence electrons. The molecule has 0 spiro atoms. The van der Waals surface area contributed by atoms with E-state index in [9.17, 15) is 9.59 Å². The predicted molar refractivity (Wildman–Crippen MR) is 114 cm³/mol. The third-order valence-corrected chi connectivity index (χ3v) is 5.04. The molecule has 0 saturated carbocycles. The minimum Gasteiger partial charge on any atom is -0.462 e. The summed E-state index contributed by atoms with van der Waals surface area (Å²) in [4.78, 5) is 28.5. The van der Waals surface area contributed by atoms with Gasteiger partial charge in [-0.25, -0.2) is 4.79 Å². The Labute approximate surface area is 172 Å². The number of esters is 1. The lowest BCUT2D eigenvalue weighted by Gasteiger charge is -2.34. The Kier molecular flexibility index (Phi) is 7.64. The highest BCUT2D eigenvalue weighted by Crippen LogP contribution is 2.12. The first kappa shape index (κ1) is 20.9. The van der Waals surface area contributed by atoms with Crippen LogP contribution >= 0.6 is 0 Å². The quantitative estimate of drug-likeness (QED) is 0.696. The summed E-state index contributed by atoms with van der Waals surface area (Å²) in [5, 5.41) is 3.24. The van der Waals surface area contributed by atoms with Crippen LogP contribution in [0.3, 0.4) is 0 Å². The number of anilines is 1. The van der Waals surface area contributed by atoms with Crippen molar-refractivity contribution in [3.05, 3.63) is 65.7 Å². The molecule has 1 saturated heterocycles. The molecule has 1 heterocycles. The summed E-state index contributed by atoms with van der Waals surface area (Å²) >= 11 is 0. The molecule has 2 aromatic carbocycles. The van der Waals surface area contributed by atoms with E-state index in [0.29, 0.717) is 25.1 Å². The molecule has 0 bridgehead atoms. The molecule has 0 aromatic heterocycles. The third kappa shape index (κ3) is 6.32. The van der Waals surface area contributed by atoms with Crippen LogP contribution in [0.15, 0.2) is 54.6 Å². The molecule has 2 aromatic rings. The molecule has 0 unspecified atom stereocenters. The van der Waals surface area contributed by atoms with Crippen LogP contribution in [0.5, 0.6) is 0 Å². The van der Waals surface area contributed by atoms with Gasteiger partial charge in [0.2, 0.25) is 5.91 Å². The van der Waals surface area contributed by atoms with E-state index in [1.165, 1.54) is 5.56 Å². The molecule has 29 heavy (non-hydrogen) atoms. The van der Waals surface area contributed by atoms with Crippen LogP contribution in [0, 0.1) is 0 Å². The number of piperazine rings is 1. The molecular weight excluding hydrogens is 366 g/mol. The number of carbonyl (C=O) groups is 2. The first-order chi connectivity index (χ1) is 14.2. The average molecular weight is 396 g/mol. The van der Waals surface area contributed by atoms with Crippen molar-refractivity contribution < 1.29 is 14.3 Å². The molecule has 6 nitrogen and oxygen atoms in total. The monoisotopic (exact) mass is 395 g/mol. The number of benzene rings is 2. The van der Waals surface area contributed by atoms with Crippen molar-refractivity contribution in [2.24, 2.45) is 0 Å². The first-order valence-electron chi connectivity index (χ1n) is 10.2. The predicted octanol–water partition coefficient (Wildman–Crippen LogP) is 3.01. The summed E-state index contributed by atoms with van der Waals surface area (Å²) in [5.41, 5.74) is 2.73. The first-order valence-corrected chi connectivity index (χ1v) is 10.2. The number of ether oxygens (including phenoxy) is 1. The van der Waals surface area contributed by atoms with Crippen molar-refractivity contribution in [1.29, 1.82) is 0 Å². The topological polar surface area (TPSA) is 61.9 Å². The van der Waals surface area contributed by atoms with Crippen molar-refractivity contribution in [2.45, 2.75) is 19.9 Å². The van der Waals surface area contributed by atoms with Gasteiger partial charge in [0.25, 0.3) is 0 Å². The van der Waals surface area contributed by atoms with Gasteiger partial charge in [0.15, 0.2) is 0 Å². The van der Waals surface area contributed by atoms with Crippen LogP contribution in [-0.2, 0) is 16.1 Å². The number of amides is 1. The van der Waals surface area contributed by atoms with E-state index in [0.717, 1.165) is 38.4 Å². The van der Waals surface area contributed by atoms with E-state index in [4.69, 9.17) is 4.74 Å². The maximum atomic E-state index is 12.5. The Morgan fingerprint density at radius 1 is 0.966 bits per heavy atom. The smallest absolute Gasteiger partial charge is 0.338 e. The lowest BCUT2D eigenvalue weighted by atomic mass is 10.2. The number of rotatable bonds is 8. The molecule has 3 rings (SSSR count). The lowest BCUT2D eigenvalue weighted by molar-refractivity contribution is -0.132. The zero-order chi connectivity index (χ0) is 20.5. The molecule has 1 amide bonds. The van der Waals surface area contributed by atoms with Crippen LogP contribution in [-0.4, -0.2) is 61.0 Å². The van der Waals surface area contributed by atoms with E-state index < -0.39 is 0 Å². The fourth-order valence-electron chi connectivity index (χ4n) is 3.41. The molecule has 1 N–H and O–H groups in total. The summed E-state index contributed by atoms with van der Waals surface area (Å²) in [6, 6.07) is 17.6. The largest absolute Gasteiger partial charge is 0.462 e. The minimum atomic E-state index is -0.319. The van der Waals surface area contributed by atoms with Crippen LogP contribution in [0.1, 0.15) is 29.3 Å². The second-order valence-electron chi connectivity index (χ2n) is 7.12. The van der Waals surface area contributed by atoms with Crippen molar-refractivity contribution >= 4 is 17.6 Å².